The van der Waals surface area contributed by atoms with E-state index in [9.17, 15) is 31.7 Å². The molecule has 0 N–H and O–H groups in total. The van der Waals surface area contributed by atoms with Crippen LogP contribution < -0.4 is 0 Å². The number of hydrogen-bond donors (Lipinski definition) is 0. The van der Waals surface area contributed by atoms with Crippen LogP contribution in [0.2, 0.25) is 5.02 Å². The molecule has 0 unspecified atom stereocenters. The second-order valence-electron chi connectivity index (χ2n) is 3.00. The van der Waals surface area contributed by atoms with Gasteiger partial charge < -0.3 is 0 Å². The van der Waals surface area contributed by atoms with Crippen LogP contribution in [0.4, 0.5) is 18.9 Å². The Kier molecular flexibility index (Phi) is 3.80. The predicted octanol–water partition coefficient (Wildman–Crippen LogP) is 3.19. The normalized spacial score (nSPS) is 12.5. The summed E-state index contributed by atoms with van der Waals surface area (Å²) in [5.41, 5.74) is -2.83. The summed E-state index contributed by atoms with van der Waals surface area (Å²) in [5, 5.41) is 9.30. The van der Waals surface area contributed by atoms with Gasteiger partial charge in [-0.3, -0.25) is 10.1 Å². The molecule has 0 heterocycles. The van der Waals surface area contributed by atoms with E-state index in [1.807, 2.05) is 0 Å². The van der Waals surface area contributed by atoms with Crippen LogP contribution in [0.25, 0.3) is 0 Å². The first kappa shape index (κ1) is 15.0. The van der Waals surface area contributed by atoms with E-state index in [0.29, 0.717) is 6.07 Å². The van der Waals surface area contributed by atoms with E-state index in [1.54, 1.807) is 0 Å². The molecular formula is C7H2Cl2F3NO4S. The molecule has 11 heteroatoms. The van der Waals surface area contributed by atoms with Gasteiger partial charge in [-0.1, -0.05) is 11.6 Å². The number of hydrogen-bond acceptors (Lipinski definition) is 4. The zero-order valence-electron chi connectivity index (χ0n) is 8.03. The molecule has 0 atom stereocenters. The number of benzene rings is 1. The van der Waals surface area contributed by atoms with Gasteiger partial charge in [-0.25, -0.2) is 8.42 Å². The monoisotopic (exact) mass is 323 g/mol. The van der Waals surface area contributed by atoms with Crippen LogP contribution in [0.1, 0.15) is 5.56 Å². The molecule has 5 nitrogen and oxygen atoms in total. The second-order valence-corrected chi connectivity index (χ2v) is 5.94. The summed E-state index contributed by atoms with van der Waals surface area (Å²) in [6, 6.07) is 0.498. The highest BCUT2D eigenvalue weighted by molar-refractivity contribution is 8.13. The van der Waals surface area contributed by atoms with Crippen LogP contribution in [-0.2, 0) is 15.2 Å². The number of alkyl halides is 3. The predicted molar refractivity (Wildman–Crippen MR) is 56.1 cm³/mol. The third-order valence-corrected chi connectivity index (χ3v) is 3.54. The molecule has 0 spiro atoms. The van der Waals surface area contributed by atoms with Crippen LogP contribution in [0.15, 0.2) is 17.0 Å². The average Bonchev–Trinajstić information content (AvgIpc) is 2.13. The molecule has 100 valence electrons. The first-order valence-electron chi connectivity index (χ1n) is 3.94. The van der Waals surface area contributed by atoms with E-state index in [1.165, 1.54) is 0 Å². The fourth-order valence-electron chi connectivity index (χ4n) is 1.06. The van der Waals surface area contributed by atoms with Crippen LogP contribution in [0.3, 0.4) is 0 Å². The van der Waals surface area contributed by atoms with Crippen molar-refractivity contribution < 1.29 is 26.5 Å². The Morgan fingerprint density at radius 2 is 1.78 bits per heavy atom. The summed E-state index contributed by atoms with van der Waals surface area (Å²) in [5.74, 6) is 0. The minimum Gasteiger partial charge on any atom is -0.258 e. The Labute approximate surface area is 108 Å². The van der Waals surface area contributed by atoms with Crippen molar-refractivity contribution in [2.75, 3.05) is 0 Å². The highest BCUT2D eigenvalue weighted by Crippen LogP contribution is 2.41. The van der Waals surface area contributed by atoms with Gasteiger partial charge in [-0.2, -0.15) is 13.2 Å². The molecule has 0 saturated heterocycles. The molecule has 0 fully saturated rings. The third kappa shape index (κ3) is 3.03. The number of nitro benzene ring substituents is 1. The summed E-state index contributed by atoms with van der Waals surface area (Å²) in [6.45, 7) is 0. The summed E-state index contributed by atoms with van der Waals surface area (Å²) in [4.78, 5) is 8.21. The van der Waals surface area contributed by atoms with Gasteiger partial charge >= 0.3 is 6.18 Å². The van der Waals surface area contributed by atoms with Gasteiger partial charge in [-0.05, 0) is 6.07 Å². The first-order valence-corrected chi connectivity index (χ1v) is 6.63. The quantitative estimate of drug-likeness (QED) is 0.475. The maximum atomic E-state index is 12.5. The molecule has 0 saturated carbocycles. The minimum absolute atomic E-state index is 0.137. The highest BCUT2D eigenvalue weighted by atomic mass is 35.7. The van der Waals surface area contributed by atoms with E-state index in [4.69, 9.17) is 22.3 Å². The molecule has 0 aliphatic rings. The fourth-order valence-corrected chi connectivity index (χ4v) is 2.13. The van der Waals surface area contributed by atoms with Crippen LogP contribution in [-0.4, -0.2) is 13.3 Å². The third-order valence-electron chi connectivity index (χ3n) is 1.81. The lowest BCUT2D eigenvalue weighted by molar-refractivity contribution is -0.385. The summed E-state index contributed by atoms with van der Waals surface area (Å²) in [7, 11) is 0.300. The largest absolute Gasteiger partial charge is 0.418 e. The van der Waals surface area contributed by atoms with Crippen molar-refractivity contribution in [3.63, 3.8) is 0 Å². The SMILES string of the molecule is O=[N+]([O-])c1cc(S(=O)(=O)Cl)cc(C(F)(F)F)c1Cl. The molecule has 0 aliphatic heterocycles. The van der Waals surface area contributed by atoms with E-state index < -0.39 is 41.3 Å². The highest BCUT2D eigenvalue weighted by Gasteiger charge is 2.38. The zero-order valence-corrected chi connectivity index (χ0v) is 10.4. The van der Waals surface area contributed by atoms with E-state index in [2.05, 4.69) is 0 Å². The van der Waals surface area contributed by atoms with Gasteiger partial charge in [0.25, 0.3) is 14.7 Å². The standard InChI is InChI=1S/C7H2Cl2F3NO4S/c8-6-4(7(10,11)12)1-3(18(9,16)17)2-5(6)13(14)15/h1-2H. The van der Waals surface area contributed by atoms with Crippen molar-refractivity contribution in [1.29, 1.82) is 0 Å². The van der Waals surface area contributed by atoms with Crippen LogP contribution in [0, 0.1) is 10.1 Å². The Bertz CT molecular complexity index is 614. The minimum atomic E-state index is -5.04. The summed E-state index contributed by atoms with van der Waals surface area (Å²) < 4.78 is 59.4. The maximum absolute atomic E-state index is 12.5. The lowest BCUT2D eigenvalue weighted by Crippen LogP contribution is -2.09. The van der Waals surface area contributed by atoms with E-state index >= 15 is 0 Å². The van der Waals surface area contributed by atoms with Gasteiger partial charge in [-0.15, -0.1) is 0 Å². The molecule has 18 heavy (non-hydrogen) atoms. The fraction of sp³-hybridized carbons (Fsp3) is 0.143. The number of nitro groups is 1. The van der Waals surface area contributed by atoms with Crippen molar-refractivity contribution in [3.05, 3.63) is 32.8 Å². The molecule has 1 aromatic carbocycles. The molecule has 1 aromatic rings. The van der Waals surface area contributed by atoms with Crippen LogP contribution in [0.5, 0.6) is 0 Å². The van der Waals surface area contributed by atoms with Gasteiger partial charge in [0.15, 0.2) is 0 Å². The molecule has 0 amide bonds. The van der Waals surface area contributed by atoms with Crippen molar-refractivity contribution in [2.24, 2.45) is 0 Å². The molecule has 0 aliphatic carbocycles. The maximum Gasteiger partial charge on any atom is 0.418 e. The van der Waals surface area contributed by atoms with Crippen molar-refractivity contribution in [1.82, 2.24) is 0 Å². The van der Waals surface area contributed by atoms with Gasteiger partial charge in [0.1, 0.15) is 5.02 Å². The molecule has 0 aromatic heterocycles. The Morgan fingerprint density at radius 1 is 1.28 bits per heavy atom. The Balaban J connectivity index is 3.74. The number of halogens is 5. The zero-order chi connectivity index (χ0) is 14.3. The topological polar surface area (TPSA) is 77.3 Å². The lowest BCUT2D eigenvalue weighted by Gasteiger charge is -2.10. The smallest absolute Gasteiger partial charge is 0.258 e. The lowest BCUT2D eigenvalue weighted by atomic mass is 10.2. The second kappa shape index (κ2) is 4.56. The van der Waals surface area contributed by atoms with E-state index in [-0.39, 0.29) is 6.07 Å². The Morgan fingerprint density at radius 3 is 2.11 bits per heavy atom. The van der Waals surface area contributed by atoms with E-state index in [0.717, 1.165) is 0 Å². The Hall–Kier alpha value is -1.06. The van der Waals surface area contributed by atoms with Crippen molar-refractivity contribution in [3.8, 4) is 0 Å². The summed E-state index contributed by atoms with van der Waals surface area (Å²) >= 11 is 5.21. The van der Waals surface area contributed by atoms with Gasteiger partial charge in [0, 0.05) is 16.7 Å². The summed E-state index contributed by atoms with van der Waals surface area (Å²) in [6.07, 6.45) is -5.04. The molecule has 0 radical (unpaired) electrons. The van der Waals surface area contributed by atoms with Crippen molar-refractivity contribution in [2.45, 2.75) is 11.1 Å². The molecule has 0 bridgehead atoms. The van der Waals surface area contributed by atoms with Gasteiger partial charge in [0.2, 0.25) is 0 Å². The number of rotatable bonds is 2. The van der Waals surface area contributed by atoms with Crippen molar-refractivity contribution >= 4 is 37.0 Å². The van der Waals surface area contributed by atoms with Crippen LogP contribution >= 0.6 is 22.3 Å². The number of nitrogens with zero attached hydrogens (tertiary/aromatic N) is 1. The first-order chi connectivity index (χ1) is 7.94. The average molecular weight is 324 g/mol. The van der Waals surface area contributed by atoms with Gasteiger partial charge in [0.05, 0.1) is 15.4 Å². The molecular weight excluding hydrogens is 322 g/mol. The molecule has 1 rings (SSSR count).